The number of rotatable bonds is 4. The summed E-state index contributed by atoms with van der Waals surface area (Å²) in [6, 6.07) is 4.51. The van der Waals surface area contributed by atoms with Gasteiger partial charge in [-0.25, -0.2) is 4.39 Å². The molecule has 1 N–H and O–H groups in total. The fourth-order valence-electron chi connectivity index (χ4n) is 3.87. The third-order valence-corrected chi connectivity index (χ3v) is 5.51. The molecule has 120 valence electrons. The number of nitrogens with zero attached hydrogens (tertiary/aromatic N) is 1. The van der Waals surface area contributed by atoms with Crippen LogP contribution in [0.2, 0.25) is 5.02 Å². The van der Waals surface area contributed by atoms with Gasteiger partial charge in [-0.3, -0.25) is 9.69 Å². The Morgan fingerprint density at radius 3 is 2.95 bits per heavy atom. The lowest BCUT2D eigenvalue weighted by atomic mass is 9.74. The van der Waals surface area contributed by atoms with Crippen LogP contribution in [0.1, 0.15) is 36.5 Å². The molecule has 1 aromatic rings. The second kappa shape index (κ2) is 6.55. The van der Waals surface area contributed by atoms with E-state index in [2.05, 4.69) is 17.1 Å². The van der Waals surface area contributed by atoms with E-state index < -0.39 is 5.82 Å². The van der Waals surface area contributed by atoms with Crippen molar-refractivity contribution in [1.29, 1.82) is 0 Å². The average Bonchev–Trinajstić information content (AvgIpc) is 2.55. The minimum atomic E-state index is -0.500. The molecule has 3 aliphatic rings. The number of halogens is 2. The summed E-state index contributed by atoms with van der Waals surface area (Å²) in [6.45, 7) is 5.22. The Morgan fingerprint density at radius 1 is 1.50 bits per heavy atom. The summed E-state index contributed by atoms with van der Waals surface area (Å²) in [4.78, 5) is 14.7. The summed E-state index contributed by atoms with van der Waals surface area (Å²) in [5.41, 5.74) is 0.411. The molecule has 4 atom stereocenters. The highest BCUT2D eigenvalue weighted by molar-refractivity contribution is 6.31. The molecule has 4 unspecified atom stereocenters. The smallest absolute Gasteiger partial charge is 0.251 e. The predicted molar refractivity (Wildman–Crippen MR) is 85.6 cm³/mol. The van der Waals surface area contributed by atoms with Crippen LogP contribution in [0.15, 0.2) is 18.2 Å². The van der Waals surface area contributed by atoms with E-state index in [0.717, 1.165) is 24.9 Å². The molecule has 3 nitrogen and oxygen atoms in total. The number of amides is 1. The second-order valence-corrected chi connectivity index (χ2v) is 6.85. The molecule has 3 fully saturated rings. The molecule has 0 spiro atoms. The fourth-order valence-corrected chi connectivity index (χ4v) is 4.05. The molecule has 3 saturated heterocycles. The van der Waals surface area contributed by atoms with Crippen LogP contribution in [0.4, 0.5) is 4.39 Å². The first-order valence-corrected chi connectivity index (χ1v) is 8.43. The number of carbonyl (C=O) groups excluding carboxylic acids is 1. The van der Waals surface area contributed by atoms with E-state index in [1.165, 1.54) is 37.5 Å². The van der Waals surface area contributed by atoms with Crippen molar-refractivity contribution in [2.45, 2.75) is 32.2 Å². The highest BCUT2D eigenvalue weighted by Gasteiger charge is 2.38. The van der Waals surface area contributed by atoms with E-state index in [1.807, 2.05) is 0 Å². The second-order valence-electron chi connectivity index (χ2n) is 6.44. The summed E-state index contributed by atoms with van der Waals surface area (Å²) in [5, 5.41) is 2.96. The molecule has 0 aromatic heterocycles. The molecule has 1 amide bonds. The summed E-state index contributed by atoms with van der Waals surface area (Å²) < 4.78 is 13.1. The van der Waals surface area contributed by atoms with Crippen molar-refractivity contribution in [3.05, 3.63) is 34.6 Å². The summed E-state index contributed by atoms with van der Waals surface area (Å²) in [5.74, 6) is 0.935. The zero-order valence-electron chi connectivity index (χ0n) is 12.8. The van der Waals surface area contributed by atoms with Gasteiger partial charge in [-0.1, -0.05) is 24.9 Å². The molecule has 0 saturated carbocycles. The van der Waals surface area contributed by atoms with E-state index in [1.54, 1.807) is 0 Å². The molecule has 3 aliphatic heterocycles. The normalized spacial score (nSPS) is 30.3. The first kappa shape index (κ1) is 15.8. The lowest BCUT2D eigenvalue weighted by Gasteiger charge is -2.50. The van der Waals surface area contributed by atoms with Crippen LogP contribution in [0, 0.1) is 17.7 Å². The number of fused-ring (bicyclic) bond motifs is 3. The zero-order valence-corrected chi connectivity index (χ0v) is 13.6. The number of piperidine rings is 3. The van der Waals surface area contributed by atoms with E-state index >= 15 is 0 Å². The maximum absolute atomic E-state index is 13.1. The van der Waals surface area contributed by atoms with Crippen LogP contribution in [-0.4, -0.2) is 36.5 Å². The van der Waals surface area contributed by atoms with Gasteiger partial charge in [-0.15, -0.1) is 0 Å². The molecular weight excluding hydrogens is 303 g/mol. The van der Waals surface area contributed by atoms with Crippen LogP contribution in [0.25, 0.3) is 0 Å². The van der Waals surface area contributed by atoms with E-state index in [4.69, 9.17) is 11.6 Å². The Hall–Kier alpha value is -1.13. The van der Waals surface area contributed by atoms with Gasteiger partial charge < -0.3 is 5.32 Å². The molecule has 3 heterocycles. The Balaban J connectivity index is 1.57. The lowest BCUT2D eigenvalue weighted by Crippen LogP contribution is -2.56. The van der Waals surface area contributed by atoms with Gasteiger partial charge in [-0.05, 0) is 49.4 Å². The van der Waals surface area contributed by atoms with Crippen molar-refractivity contribution in [3.63, 3.8) is 0 Å². The maximum atomic E-state index is 13.1. The first-order chi connectivity index (χ1) is 10.6. The summed E-state index contributed by atoms with van der Waals surface area (Å²) >= 11 is 5.73. The minimum absolute atomic E-state index is 0.0149. The molecule has 22 heavy (non-hydrogen) atoms. The van der Waals surface area contributed by atoms with Gasteiger partial charge >= 0.3 is 0 Å². The number of benzene rings is 1. The largest absolute Gasteiger partial charge is 0.350 e. The lowest BCUT2D eigenvalue weighted by molar-refractivity contribution is 0.000726. The standard InChI is InChI=1S/C17H22ClFN2O/c1-2-11-10-21-6-5-12(11)7-14(21)9-20-17(22)13-3-4-16(19)15(18)8-13/h3-4,8,11-12,14H,2,5-7,9-10H2,1H3,(H,20,22). The van der Waals surface area contributed by atoms with Gasteiger partial charge in [0.05, 0.1) is 5.02 Å². The van der Waals surface area contributed by atoms with Crippen LogP contribution in [-0.2, 0) is 0 Å². The third-order valence-electron chi connectivity index (χ3n) is 5.22. The quantitative estimate of drug-likeness (QED) is 0.921. The van der Waals surface area contributed by atoms with E-state index in [-0.39, 0.29) is 10.9 Å². The van der Waals surface area contributed by atoms with Crippen molar-refractivity contribution >= 4 is 17.5 Å². The number of nitrogens with one attached hydrogen (secondary N) is 1. The van der Waals surface area contributed by atoms with Crippen LogP contribution >= 0.6 is 11.6 Å². The van der Waals surface area contributed by atoms with Crippen LogP contribution in [0.3, 0.4) is 0 Å². The minimum Gasteiger partial charge on any atom is -0.350 e. The van der Waals surface area contributed by atoms with E-state index in [9.17, 15) is 9.18 Å². The van der Waals surface area contributed by atoms with Crippen molar-refractivity contribution in [1.82, 2.24) is 10.2 Å². The van der Waals surface area contributed by atoms with E-state index in [0.29, 0.717) is 18.2 Å². The highest BCUT2D eigenvalue weighted by Crippen LogP contribution is 2.37. The van der Waals surface area contributed by atoms with Crippen LogP contribution < -0.4 is 5.32 Å². The van der Waals surface area contributed by atoms with Crippen molar-refractivity contribution < 1.29 is 9.18 Å². The van der Waals surface area contributed by atoms with Crippen molar-refractivity contribution in [3.8, 4) is 0 Å². The molecule has 0 aliphatic carbocycles. The van der Waals surface area contributed by atoms with Gasteiger partial charge in [-0.2, -0.15) is 0 Å². The fraction of sp³-hybridized carbons (Fsp3) is 0.588. The van der Waals surface area contributed by atoms with Crippen molar-refractivity contribution in [2.75, 3.05) is 19.6 Å². The van der Waals surface area contributed by atoms with Crippen molar-refractivity contribution in [2.24, 2.45) is 11.8 Å². The van der Waals surface area contributed by atoms with Gasteiger partial charge in [0.1, 0.15) is 5.82 Å². The summed E-state index contributed by atoms with van der Waals surface area (Å²) in [6.07, 6.45) is 3.70. The maximum Gasteiger partial charge on any atom is 0.251 e. The highest BCUT2D eigenvalue weighted by atomic mass is 35.5. The Bertz CT molecular complexity index is 566. The van der Waals surface area contributed by atoms with Gasteiger partial charge in [0.15, 0.2) is 0 Å². The van der Waals surface area contributed by atoms with Crippen LogP contribution in [0.5, 0.6) is 0 Å². The third kappa shape index (κ3) is 3.13. The number of carbonyl (C=O) groups is 1. The van der Waals surface area contributed by atoms with Gasteiger partial charge in [0.2, 0.25) is 0 Å². The summed E-state index contributed by atoms with van der Waals surface area (Å²) in [7, 11) is 0. The Morgan fingerprint density at radius 2 is 2.32 bits per heavy atom. The number of hydrogen-bond donors (Lipinski definition) is 1. The Kier molecular flexibility index (Phi) is 4.69. The van der Waals surface area contributed by atoms with Gasteiger partial charge in [0, 0.05) is 24.7 Å². The Labute approximate surface area is 135 Å². The SMILES string of the molecule is CCC1CN2CCC1CC2CNC(=O)c1ccc(F)c(Cl)c1. The molecule has 1 aromatic carbocycles. The average molecular weight is 325 g/mol. The molecule has 2 bridgehead atoms. The zero-order chi connectivity index (χ0) is 15.7. The number of hydrogen-bond acceptors (Lipinski definition) is 2. The topological polar surface area (TPSA) is 32.3 Å². The molecule has 4 rings (SSSR count). The predicted octanol–water partition coefficient (Wildman–Crippen LogP) is 3.33. The first-order valence-electron chi connectivity index (χ1n) is 8.05. The van der Waals surface area contributed by atoms with Gasteiger partial charge in [0.25, 0.3) is 5.91 Å². The molecule has 5 heteroatoms. The molecule has 0 radical (unpaired) electrons. The monoisotopic (exact) mass is 324 g/mol. The molecular formula is C17H22ClFN2O.